The summed E-state index contributed by atoms with van der Waals surface area (Å²) in [5, 5.41) is -0.449. The highest BCUT2D eigenvalue weighted by molar-refractivity contribution is 7.91. The summed E-state index contributed by atoms with van der Waals surface area (Å²) < 4.78 is 36.1. The number of anilines is 1. The van der Waals surface area contributed by atoms with Gasteiger partial charge in [0.25, 0.3) is 0 Å². The predicted octanol–water partition coefficient (Wildman–Crippen LogP) is 2.04. The van der Waals surface area contributed by atoms with Crippen LogP contribution in [-0.4, -0.2) is 29.4 Å². The molecule has 4 nitrogen and oxygen atoms in total. The number of hydrogen-bond acceptors (Lipinski definition) is 4. The van der Waals surface area contributed by atoms with Crippen LogP contribution in [0.3, 0.4) is 0 Å². The van der Waals surface area contributed by atoms with Crippen LogP contribution in [-0.2, 0) is 20.6 Å². The minimum atomic E-state index is -3.05. The molecular weight excluding hydrogens is 294 g/mol. The van der Waals surface area contributed by atoms with Crippen molar-refractivity contribution >= 4 is 26.3 Å². The molecule has 2 N–H and O–H groups in total. The van der Waals surface area contributed by atoms with E-state index in [0.717, 1.165) is 23.3 Å². The Morgan fingerprint density at radius 1 is 1.30 bits per heavy atom. The van der Waals surface area contributed by atoms with Gasteiger partial charge in [0.15, 0.2) is 0 Å². The van der Waals surface area contributed by atoms with Gasteiger partial charge in [-0.25, -0.2) is 8.42 Å². The van der Waals surface area contributed by atoms with Crippen molar-refractivity contribution in [2.45, 2.75) is 48.0 Å². The summed E-state index contributed by atoms with van der Waals surface area (Å²) in [6.07, 6.45) is 4.07. The average Bonchev–Trinajstić information content (AvgIpc) is 2.40. The second-order valence-electron chi connectivity index (χ2n) is 5.51. The largest absolute Gasteiger partial charge is 0.398 e. The van der Waals surface area contributed by atoms with Gasteiger partial charge in [0.05, 0.1) is 16.0 Å². The molecule has 0 radical (unpaired) electrons. The van der Waals surface area contributed by atoms with Crippen molar-refractivity contribution in [3.8, 4) is 0 Å². The maximum absolute atomic E-state index is 12.7. The van der Waals surface area contributed by atoms with Gasteiger partial charge in [-0.2, -0.15) is 0 Å². The Balaban J connectivity index is 2.23. The van der Waals surface area contributed by atoms with Gasteiger partial charge in [-0.3, -0.25) is 4.21 Å². The zero-order valence-electron chi connectivity index (χ0n) is 11.8. The number of rotatable bonds is 3. The van der Waals surface area contributed by atoms with Crippen LogP contribution in [0.25, 0.3) is 0 Å². The topological polar surface area (TPSA) is 77.2 Å². The summed E-state index contributed by atoms with van der Waals surface area (Å²) in [6.45, 7) is 1.86. The second kappa shape index (κ2) is 5.85. The molecule has 1 aliphatic carbocycles. The zero-order valence-corrected chi connectivity index (χ0v) is 13.5. The van der Waals surface area contributed by atoms with E-state index in [1.54, 1.807) is 12.1 Å². The first-order chi connectivity index (χ1) is 9.30. The Morgan fingerprint density at radius 2 is 2.00 bits per heavy atom. The molecule has 112 valence electrons. The standard InChI is InChI=1S/C14H21NO3S2/c1-10-13(15)7-4-8-14(10)19(16)11-5-3-6-12(9-11)20(2,17)18/h4,7-8,11-12H,3,5-6,9,15H2,1-2H3. The van der Waals surface area contributed by atoms with Gasteiger partial charge in [0.2, 0.25) is 0 Å². The Morgan fingerprint density at radius 3 is 2.65 bits per heavy atom. The summed E-state index contributed by atoms with van der Waals surface area (Å²) in [5.74, 6) is 0. The van der Waals surface area contributed by atoms with Crippen LogP contribution in [0.4, 0.5) is 5.69 Å². The molecule has 1 aromatic rings. The molecule has 3 atom stereocenters. The highest BCUT2D eigenvalue weighted by Crippen LogP contribution is 2.31. The second-order valence-corrected chi connectivity index (χ2v) is 9.53. The van der Waals surface area contributed by atoms with E-state index in [1.165, 1.54) is 6.26 Å². The van der Waals surface area contributed by atoms with Gasteiger partial charge >= 0.3 is 0 Å². The Bertz CT molecular complexity index is 625. The lowest BCUT2D eigenvalue weighted by Crippen LogP contribution is -2.32. The Hall–Kier alpha value is -0.880. The van der Waals surface area contributed by atoms with Crippen LogP contribution >= 0.6 is 0 Å². The maximum Gasteiger partial charge on any atom is 0.150 e. The molecule has 0 bridgehead atoms. The minimum absolute atomic E-state index is 0.0935. The van der Waals surface area contributed by atoms with Crippen molar-refractivity contribution in [3.63, 3.8) is 0 Å². The fourth-order valence-corrected chi connectivity index (χ4v) is 5.79. The molecule has 3 unspecified atom stereocenters. The predicted molar refractivity (Wildman–Crippen MR) is 82.9 cm³/mol. The van der Waals surface area contributed by atoms with Crippen LogP contribution in [0, 0.1) is 6.92 Å². The van der Waals surface area contributed by atoms with Crippen molar-refractivity contribution in [1.82, 2.24) is 0 Å². The minimum Gasteiger partial charge on any atom is -0.398 e. The summed E-state index contributed by atoms with van der Waals surface area (Å²) >= 11 is 0. The van der Waals surface area contributed by atoms with E-state index in [1.807, 2.05) is 13.0 Å². The zero-order chi connectivity index (χ0) is 14.9. The van der Waals surface area contributed by atoms with E-state index in [0.29, 0.717) is 18.5 Å². The van der Waals surface area contributed by atoms with Crippen molar-refractivity contribution < 1.29 is 12.6 Å². The molecule has 1 saturated carbocycles. The molecule has 6 heteroatoms. The van der Waals surface area contributed by atoms with Crippen molar-refractivity contribution in [3.05, 3.63) is 23.8 Å². The van der Waals surface area contributed by atoms with Gasteiger partial charge < -0.3 is 5.73 Å². The van der Waals surface area contributed by atoms with E-state index in [-0.39, 0.29) is 10.5 Å². The lowest BCUT2D eigenvalue weighted by atomic mass is 10.00. The summed E-state index contributed by atoms with van der Waals surface area (Å²) in [7, 11) is -4.24. The number of nitrogens with two attached hydrogens (primary N) is 1. The first-order valence-corrected chi connectivity index (χ1v) is 9.92. The molecular formula is C14H21NO3S2. The third kappa shape index (κ3) is 3.23. The quantitative estimate of drug-likeness (QED) is 0.866. The molecule has 0 heterocycles. The first-order valence-electron chi connectivity index (χ1n) is 6.75. The molecule has 0 spiro atoms. The summed E-state index contributed by atoms with van der Waals surface area (Å²) in [6, 6.07) is 5.41. The van der Waals surface area contributed by atoms with Gasteiger partial charge in [-0.15, -0.1) is 0 Å². The van der Waals surface area contributed by atoms with Crippen LogP contribution in [0.2, 0.25) is 0 Å². The molecule has 0 aliphatic heterocycles. The Labute approximate surface area is 123 Å². The SMILES string of the molecule is Cc1c(N)cccc1S(=O)C1CCCC(S(C)(=O)=O)C1. The van der Waals surface area contributed by atoms with Gasteiger partial charge in [0.1, 0.15) is 9.84 Å². The number of nitrogen functional groups attached to an aromatic ring is 1. The molecule has 2 rings (SSSR count). The normalized spacial score (nSPS) is 25.3. The lowest BCUT2D eigenvalue weighted by Gasteiger charge is -2.27. The Kier molecular flexibility index (Phi) is 4.54. The monoisotopic (exact) mass is 315 g/mol. The lowest BCUT2D eigenvalue weighted by molar-refractivity contribution is 0.487. The number of sulfone groups is 1. The number of benzene rings is 1. The fourth-order valence-electron chi connectivity index (χ4n) is 2.71. The molecule has 0 amide bonds. The third-order valence-corrected chi connectivity index (χ3v) is 7.58. The molecule has 20 heavy (non-hydrogen) atoms. The van der Waals surface area contributed by atoms with Crippen LogP contribution in [0.5, 0.6) is 0 Å². The molecule has 1 fully saturated rings. The molecule has 0 aromatic heterocycles. The summed E-state index contributed by atoms with van der Waals surface area (Å²) in [5.41, 5.74) is 7.33. The average molecular weight is 315 g/mol. The van der Waals surface area contributed by atoms with Crippen LogP contribution < -0.4 is 5.73 Å². The highest BCUT2D eigenvalue weighted by Gasteiger charge is 2.32. The first kappa shape index (κ1) is 15.5. The van der Waals surface area contributed by atoms with Gasteiger partial charge in [-0.05, 0) is 43.9 Å². The summed E-state index contributed by atoms with van der Waals surface area (Å²) in [4.78, 5) is 0.740. The van der Waals surface area contributed by atoms with Crippen molar-refractivity contribution in [2.24, 2.45) is 0 Å². The maximum atomic E-state index is 12.7. The van der Waals surface area contributed by atoms with E-state index in [4.69, 9.17) is 5.73 Å². The third-order valence-electron chi connectivity index (χ3n) is 4.03. The highest BCUT2D eigenvalue weighted by atomic mass is 32.2. The van der Waals surface area contributed by atoms with E-state index < -0.39 is 20.6 Å². The molecule has 1 aliphatic rings. The number of hydrogen-bond donors (Lipinski definition) is 1. The van der Waals surface area contributed by atoms with E-state index in [9.17, 15) is 12.6 Å². The van der Waals surface area contributed by atoms with Gasteiger partial charge in [0, 0.05) is 22.1 Å². The van der Waals surface area contributed by atoms with Crippen LogP contribution in [0.1, 0.15) is 31.2 Å². The smallest absolute Gasteiger partial charge is 0.150 e. The molecule has 1 aromatic carbocycles. The van der Waals surface area contributed by atoms with E-state index in [2.05, 4.69) is 0 Å². The van der Waals surface area contributed by atoms with Gasteiger partial charge in [-0.1, -0.05) is 12.5 Å². The van der Waals surface area contributed by atoms with E-state index >= 15 is 0 Å². The van der Waals surface area contributed by atoms with Crippen molar-refractivity contribution in [1.29, 1.82) is 0 Å². The fraction of sp³-hybridized carbons (Fsp3) is 0.571. The van der Waals surface area contributed by atoms with Crippen LogP contribution in [0.15, 0.2) is 23.1 Å². The molecule has 0 saturated heterocycles. The van der Waals surface area contributed by atoms with Crippen molar-refractivity contribution in [2.75, 3.05) is 12.0 Å².